The Hall–Kier alpha value is -1.32. The number of fused-ring (bicyclic) bond motifs is 1. The van der Waals surface area contributed by atoms with Crippen LogP contribution in [0.25, 0.3) is 0 Å². The van der Waals surface area contributed by atoms with E-state index < -0.39 is 0 Å². The van der Waals surface area contributed by atoms with Crippen molar-refractivity contribution in [2.24, 2.45) is 5.92 Å². The van der Waals surface area contributed by atoms with E-state index in [1.807, 2.05) is 10.8 Å². The first kappa shape index (κ1) is 14.6. The molecular formula is C17H27N3O. The third-order valence-corrected chi connectivity index (χ3v) is 5.17. The topological polar surface area (TPSA) is 38.1 Å². The Bertz CT molecular complexity index is 494. The summed E-state index contributed by atoms with van der Waals surface area (Å²) in [4.78, 5) is 19.4. The van der Waals surface area contributed by atoms with Gasteiger partial charge in [0, 0.05) is 24.8 Å². The van der Waals surface area contributed by atoms with E-state index >= 15 is 0 Å². The molecule has 4 nitrogen and oxygen atoms in total. The third kappa shape index (κ3) is 2.99. The fourth-order valence-electron chi connectivity index (χ4n) is 3.92. The summed E-state index contributed by atoms with van der Waals surface area (Å²) in [5.74, 6) is 0.866. The van der Waals surface area contributed by atoms with Crippen LogP contribution in [0.2, 0.25) is 0 Å². The predicted molar refractivity (Wildman–Crippen MR) is 83.2 cm³/mol. The Labute approximate surface area is 127 Å². The van der Waals surface area contributed by atoms with E-state index in [-0.39, 0.29) is 5.91 Å². The van der Waals surface area contributed by atoms with Crippen molar-refractivity contribution in [3.05, 3.63) is 18.2 Å². The number of hydrogen-bond acceptors (Lipinski definition) is 2. The maximum absolute atomic E-state index is 12.9. The van der Waals surface area contributed by atoms with Gasteiger partial charge in [-0.2, -0.15) is 0 Å². The van der Waals surface area contributed by atoms with Crippen LogP contribution in [0.5, 0.6) is 0 Å². The number of aromatic nitrogens is 2. The fourth-order valence-corrected chi connectivity index (χ4v) is 3.92. The lowest BCUT2D eigenvalue weighted by atomic mass is 9.81. The van der Waals surface area contributed by atoms with Crippen molar-refractivity contribution in [1.82, 2.24) is 14.5 Å². The molecule has 0 spiro atoms. The van der Waals surface area contributed by atoms with Crippen LogP contribution in [-0.4, -0.2) is 32.9 Å². The first-order chi connectivity index (χ1) is 10.2. The highest BCUT2D eigenvalue weighted by Gasteiger charge is 2.35. The number of carbonyl (C=O) groups excluding carboxylic acids is 1. The smallest absolute Gasteiger partial charge is 0.274 e. The van der Waals surface area contributed by atoms with Crippen molar-refractivity contribution in [2.75, 3.05) is 6.54 Å². The summed E-state index contributed by atoms with van der Waals surface area (Å²) < 4.78 is 2.02. The molecule has 2 atom stereocenters. The zero-order valence-electron chi connectivity index (χ0n) is 13.3. The van der Waals surface area contributed by atoms with Gasteiger partial charge in [-0.1, -0.05) is 19.3 Å². The molecule has 1 saturated heterocycles. The molecule has 1 aliphatic carbocycles. The SMILES string of the molecule is CC(C)n1cnc(C(=O)N2CCCCC3CCCCC32)c1. The standard InChI is InChI=1S/C17H27N3O/c1-13(2)19-11-15(18-12-19)17(21)20-10-6-5-8-14-7-3-4-9-16(14)20/h11-14,16H,3-10H2,1-2H3. The van der Waals surface area contributed by atoms with Gasteiger partial charge in [0.25, 0.3) is 5.91 Å². The van der Waals surface area contributed by atoms with Gasteiger partial charge >= 0.3 is 0 Å². The highest BCUT2D eigenvalue weighted by Crippen LogP contribution is 2.35. The Kier molecular flexibility index (Phi) is 4.32. The van der Waals surface area contributed by atoms with E-state index in [0.29, 0.717) is 17.8 Å². The largest absolute Gasteiger partial charge is 0.334 e. The number of nitrogens with zero attached hydrogens (tertiary/aromatic N) is 3. The molecule has 1 aromatic heterocycles. The van der Waals surface area contributed by atoms with E-state index in [4.69, 9.17) is 0 Å². The molecule has 2 unspecified atom stereocenters. The van der Waals surface area contributed by atoms with Crippen molar-refractivity contribution >= 4 is 5.91 Å². The number of hydrogen-bond donors (Lipinski definition) is 0. The van der Waals surface area contributed by atoms with Gasteiger partial charge in [0.1, 0.15) is 5.69 Å². The van der Waals surface area contributed by atoms with Gasteiger partial charge in [-0.15, -0.1) is 0 Å². The summed E-state index contributed by atoms with van der Waals surface area (Å²) in [6.45, 7) is 5.13. The minimum absolute atomic E-state index is 0.146. The second kappa shape index (κ2) is 6.20. The van der Waals surface area contributed by atoms with E-state index in [9.17, 15) is 4.79 Å². The summed E-state index contributed by atoms with van der Waals surface area (Å²) in [7, 11) is 0. The maximum atomic E-state index is 12.9. The summed E-state index contributed by atoms with van der Waals surface area (Å²) in [5, 5.41) is 0. The van der Waals surface area contributed by atoms with Gasteiger partial charge in [-0.3, -0.25) is 4.79 Å². The molecule has 116 valence electrons. The molecule has 0 aromatic carbocycles. The zero-order chi connectivity index (χ0) is 14.8. The quantitative estimate of drug-likeness (QED) is 0.833. The molecule has 21 heavy (non-hydrogen) atoms. The zero-order valence-corrected chi connectivity index (χ0v) is 13.3. The minimum Gasteiger partial charge on any atom is -0.334 e. The number of rotatable bonds is 2. The van der Waals surface area contributed by atoms with E-state index in [1.54, 1.807) is 6.33 Å². The van der Waals surface area contributed by atoms with Gasteiger partial charge in [-0.05, 0) is 45.4 Å². The summed E-state index contributed by atoms with van der Waals surface area (Å²) in [6.07, 6.45) is 12.5. The van der Waals surface area contributed by atoms with Gasteiger partial charge < -0.3 is 9.47 Å². The molecule has 0 radical (unpaired) electrons. The van der Waals surface area contributed by atoms with E-state index in [0.717, 1.165) is 18.9 Å². The highest BCUT2D eigenvalue weighted by atomic mass is 16.2. The van der Waals surface area contributed by atoms with Crippen LogP contribution in [-0.2, 0) is 0 Å². The Morgan fingerprint density at radius 2 is 1.90 bits per heavy atom. The highest BCUT2D eigenvalue weighted by molar-refractivity contribution is 5.92. The molecule has 1 aromatic rings. The van der Waals surface area contributed by atoms with Crippen LogP contribution >= 0.6 is 0 Å². The second-order valence-electron chi connectivity index (χ2n) is 6.91. The first-order valence-electron chi connectivity index (χ1n) is 8.51. The summed E-state index contributed by atoms with van der Waals surface area (Å²) >= 11 is 0. The van der Waals surface area contributed by atoms with Gasteiger partial charge in [0.2, 0.25) is 0 Å². The predicted octanol–water partition coefficient (Wildman–Crippen LogP) is 3.65. The lowest BCUT2D eigenvalue weighted by Gasteiger charge is -2.38. The molecule has 1 amide bonds. The van der Waals surface area contributed by atoms with E-state index in [2.05, 4.69) is 23.7 Å². The molecule has 1 aliphatic heterocycles. The van der Waals surface area contributed by atoms with Crippen molar-refractivity contribution < 1.29 is 4.79 Å². The van der Waals surface area contributed by atoms with Crippen molar-refractivity contribution in [1.29, 1.82) is 0 Å². The third-order valence-electron chi connectivity index (χ3n) is 5.17. The molecule has 2 fully saturated rings. The molecular weight excluding hydrogens is 262 g/mol. The van der Waals surface area contributed by atoms with Crippen LogP contribution < -0.4 is 0 Å². The average Bonchev–Trinajstić information content (AvgIpc) is 2.88. The van der Waals surface area contributed by atoms with Gasteiger partial charge in [0.05, 0.1) is 6.33 Å². The van der Waals surface area contributed by atoms with Crippen molar-refractivity contribution in [3.63, 3.8) is 0 Å². The number of carbonyl (C=O) groups is 1. The number of likely N-dealkylation sites (tertiary alicyclic amines) is 1. The maximum Gasteiger partial charge on any atom is 0.274 e. The molecule has 3 rings (SSSR count). The lowest BCUT2D eigenvalue weighted by molar-refractivity contribution is 0.0563. The van der Waals surface area contributed by atoms with Crippen LogP contribution in [0, 0.1) is 5.92 Å². The minimum atomic E-state index is 0.146. The van der Waals surface area contributed by atoms with Crippen LogP contribution in [0.4, 0.5) is 0 Å². The van der Waals surface area contributed by atoms with E-state index in [1.165, 1.54) is 38.5 Å². The Balaban J connectivity index is 1.80. The summed E-state index contributed by atoms with van der Waals surface area (Å²) in [5.41, 5.74) is 0.620. The molecule has 0 bridgehead atoms. The second-order valence-corrected chi connectivity index (χ2v) is 6.91. The molecule has 1 saturated carbocycles. The number of imidazole rings is 1. The van der Waals surface area contributed by atoms with Gasteiger partial charge in [0.15, 0.2) is 0 Å². The van der Waals surface area contributed by atoms with Crippen LogP contribution in [0.3, 0.4) is 0 Å². The van der Waals surface area contributed by atoms with Crippen LogP contribution in [0.1, 0.15) is 75.3 Å². The first-order valence-corrected chi connectivity index (χ1v) is 8.51. The Morgan fingerprint density at radius 3 is 2.62 bits per heavy atom. The summed E-state index contributed by atoms with van der Waals surface area (Å²) in [6, 6.07) is 0.809. The fraction of sp³-hybridized carbons (Fsp3) is 0.765. The van der Waals surface area contributed by atoms with Crippen LogP contribution in [0.15, 0.2) is 12.5 Å². The molecule has 2 heterocycles. The average molecular weight is 289 g/mol. The molecule has 4 heteroatoms. The Morgan fingerprint density at radius 1 is 1.19 bits per heavy atom. The monoisotopic (exact) mass is 289 g/mol. The lowest BCUT2D eigenvalue weighted by Crippen LogP contribution is -2.45. The molecule has 2 aliphatic rings. The van der Waals surface area contributed by atoms with Gasteiger partial charge in [-0.25, -0.2) is 4.98 Å². The van der Waals surface area contributed by atoms with Crippen molar-refractivity contribution in [3.8, 4) is 0 Å². The normalized spacial score (nSPS) is 26.5. The van der Waals surface area contributed by atoms with Crippen molar-refractivity contribution in [2.45, 2.75) is 70.9 Å². The molecule has 0 N–H and O–H groups in total. The number of amides is 1.